The van der Waals surface area contributed by atoms with Crippen LogP contribution in [0.4, 0.5) is 4.39 Å². The van der Waals surface area contributed by atoms with Crippen molar-refractivity contribution in [3.8, 4) is 17.2 Å². The zero-order chi connectivity index (χ0) is 20.1. The third kappa shape index (κ3) is 4.78. The zero-order valence-electron chi connectivity index (χ0n) is 15.8. The molecule has 2 aliphatic rings. The van der Waals surface area contributed by atoms with Crippen LogP contribution in [-0.4, -0.2) is 52.6 Å². The first-order chi connectivity index (χ1) is 13.5. The number of aromatic hydroxyl groups is 2. The van der Waals surface area contributed by atoms with Crippen LogP contribution in [-0.2, 0) is 0 Å². The molecule has 150 valence electrons. The number of rotatable bonds is 4. The number of phenolic OH excluding ortho intramolecular Hbond substituents is 1. The second kappa shape index (κ2) is 9.01. The second-order valence-corrected chi connectivity index (χ2v) is 7.26. The summed E-state index contributed by atoms with van der Waals surface area (Å²) in [6.07, 6.45) is 5.34. The number of carbonyl (C=O) groups is 1. The molecule has 4 rings (SSSR count). The standard InChI is InChI=1S/C14H18N2O2.C7H7FO2/c17-12-4-5-13(15-6-12)14(18)9-16-7-10-2-1-3-11(10)8-16;1-10-6-4-2-3-5(9)7(6)8/h4-6,10-11,17H,1-3,7-9H2;2-4,9H,1H3/t10-,11+;. The minimum Gasteiger partial charge on any atom is -0.506 e. The molecule has 2 atom stereocenters. The Labute approximate surface area is 163 Å². The number of nitrogens with zero attached hydrogens (tertiary/aromatic N) is 2. The van der Waals surface area contributed by atoms with E-state index in [4.69, 9.17) is 10.2 Å². The fourth-order valence-corrected chi connectivity index (χ4v) is 3.95. The lowest BCUT2D eigenvalue weighted by Gasteiger charge is -2.15. The van der Waals surface area contributed by atoms with Gasteiger partial charge in [0, 0.05) is 13.1 Å². The lowest BCUT2D eigenvalue weighted by Crippen LogP contribution is -2.29. The number of fused-ring (bicyclic) bond motifs is 1. The highest BCUT2D eigenvalue weighted by atomic mass is 19.1. The Hall–Kier alpha value is -2.67. The molecule has 0 unspecified atom stereocenters. The number of hydrogen-bond donors (Lipinski definition) is 2. The first-order valence-electron chi connectivity index (χ1n) is 9.40. The lowest BCUT2D eigenvalue weighted by atomic mass is 10.0. The molecule has 2 fully saturated rings. The Kier molecular flexibility index (Phi) is 6.46. The number of ether oxygens (including phenoxy) is 1. The number of halogens is 1. The van der Waals surface area contributed by atoms with Crippen molar-refractivity contribution >= 4 is 5.78 Å². The molecule has 1 aliphatic heterocycles. The molecule has 28 heavy (non-hydrogen) atoms. The van der Waals surface area contributed by atoms with Gasteiger partial charge in [-0.2, -0.15) is 4.39 Å². The van der Waals surface area contributed by atoms with Crippen LogP contribution in [0.2, 0.25) is 0 Å². The monoisotopic (exact) mass is 388 g/mol. The van der Waals surface area contributed by atoms with Gasteiger partial charge in [0.2, 0.25) is 5.82 Å². The Morgan fingerprint density at radius 1 is 1.21 bits per heavy atom. The predicted octanol–water partition coefficient (Wildman–Crippen LogP) is 3.24. The van der Waals surface area contributed by atoms with Crippen molar-refractivity contribution in [2.24, 2.45) is 11.8 Å². The Bertz CT molecular complexity index is 801. The number of hydrogen-bond acceptors (Lipinski definition) is 6. The fraction of sp³-hybridized carbons (Fsp3) is 0.429. The summed E-state index contributed by atoms with van der Waals surface area (Å²) in [6, 6.07) is 7.32. The Morgan fingerprint density at radius 3 is 2.50 bits per heavy atom. The van der Waals surface area contributed by atoms with Crippen molar-refractivity contribution in [3.63, 3.8) is 0 Å². The molecule has 1 aromatic carbocycles. The summed E-state index contributed by atoms with van der Waals surface area (Å²) >= 11 is 0. The maximum atomic E-state index is 12.6. The fourth-order valence-electron chi connectivity index (χ4n) is 3.95. The van der Waals surface area contributed by atoms with E-state index in [1.165, 1.54) is 56.8 Å². The number of Topliss-reactive ketones (excluding diaryl/α,β-unsaturated/α-hetero) is 1. The maximum absolute atomic E-state index is 12.6. The van der Waals surface area contributed by atoms with Gasteiger partial charge in [0.15, 0.2) is 17.3 Å². The van der Waals surface area contributed by atoms with Crippen molar-refractivity contribution in [3.05, 3.63) is 48.0 Å². The molecule has 0 radical (unpaired) electrons. The van der Waals surface area contributed by atoms with E-state index in [0.717, 1.165) is 24.9 Å². The number of carbonyl (C=O) groups excluding carboxylic acids is 1. The second-order valence-electron chi connectivity index (χ2n) is 7.26. The number of likely N-dealkylation sites (tertiary alicyclic amines) is 1. The molecule has 1 saturated heterocycles. The van der Waals surface area contributed by atoms with Crippen molar-refractivity contribution in [2.75, 3.05) is 26.7 Å². The molecule has 2 N–H and O–H groups in total. The normalized spacial score (nSPS) is 20.9. The van der Waals surface area contributed by atoms with E-state index < -0.39 is 5.82 Å². The third-order valence-electron chi connectivity index (χ3n) is 5.37. The molecule has 1 saturated carbocycles. The van der Waals surface area contributed by atoms with Gasteiger partial charge >= 0.3 is 0 Å². The molecule has 2 aromatic rings. The Balaban J connectivity index is 0.000000192. The van der Waals surface area contributed by atoms with Gasteiger partial charge in [0.25, 0.3) is 0 Å². The summed E-state index contributed by atoms with van der Waals surface area (Å²) in [4.78, 5) is 18.3. The van der Waals surface area contributed by atoms with Crippen LogP contribution in [0.3, 0.4) is 0 Å². The number of aromatic nitrogens is 1. The van der Waals surface area contributed by atoms with E-state index in [9.17, 15) is 9.18 Å². The molecule has 0 amide bonds. The van der Waals surface area contributed by atoms with E-state index in [2.05, 4.69) is 14.6 Å². The molecule has 0 spiro atoms. The number of pyridine rings is 1. The molecule has 6 nitrogen and oxygen atoms in total. The first kappa shape index (κ1) is 20.1. The van der Waals surface area contributed by atoms with Crippen LogP contribution in [0.15, 0.2) is 36.5 Å². The summed E-state index contributed by atoms with van der Waals surface area (Å²) in [5.74, 6) is 0.720. The largest absolute Gasteiger partial charge is 0.506 e. The summed E-state index contributed by atoms with van der Waals surface area (Å²) in [6.45, 7) is 2.59. The maximum Gasteiger partial charge on any atom is 0.206 e. The number of phenols is 1. The summed E-state index contributed by atoms with van der Waals surface area (Å²) in [5.41, 5.74) is 0.449. The lowest BCUT2D eigenvalue weighted by molar-refractivity contribution is 0.0936. The summed E-state index contributed by atoms with van der Waals surface area (Å²) < 4.78 is 17.2. The molecular weight excluding hydrogens is 363 g/mol. The molecule has 2 heterocycles. The van der Waals surface area contributed by atoms with Crippen LogP contribution in [0.1, 0.15) is 29.8 Å². The van der Waals surface area contributed by atoms with E-state index in [0.29, 0.717) is 12.2 Å². The van der Waals surface area contributed by atoms with Gasteiger partial charge in [-0.3, -0.25) is 9.69 Å². The van der Waals surface area contributed by atoms with Gasteiger partial charge in [0.1, 0.15) is 11.4 Å². The van der Waals surface area contributed by atoms with E-state index >= 15 is 0 Å². The van der Waals surface area contributed by atoms with Gasteiger partial charge in [-0.15, -0.1) is 0 Å². The van der Waals surface area contributed by atoms with Gasteiger partial charge in [-0.1, -0.05) is 12.5 Å². The molecule has 7 heteroatoms. The average Bonchev–Trinajstić information content (AvgIpc) is 3.26. The molecule has 0 bridgehead atoms. The average molecular weight is 388 g/mol. The van der Waals surface area contributed by atoms with Gasteiger partial charge in [-0.25, -0.2) is 4.98 Å². The van der Waals surface area contributed by atoms with Crippen LogP contribution in [0.25, 0.3) is 0 Å². The number of methoxy groups -OCH3 is 1. The minimum absolute atomic E-state index is 0.0509. The Morgan fingerprint density at radius 2 is 1.93 bits per heavy atom. The highest BCUT2D eigenvalue weighted by Crippen LogP contribution is 2.37. The summed E-state index contributed by atoms with van der Waals surface area (Å²) in [5, 5.41) is 17.9. The highest BCUT2D eigenvalue weighted by Gasteiger charge is 2.36. The highest BCUT2D eigenvalue weighted by molar-refractivity contribution is 5.95. The van der Waals surface area contributed by atoms with E-state index in [1.54, 1.807) is 6.07 Å². The van der Waals surface area contributed by atoms with Crippen LogP contribution < -0.4 is 4.74 Å². The van der Waals surface area contributed by atoms with Gasteiger partial charge in [0.05, 0.1) is 19.9 Å². The quantitative estimate of drug-likeness (QED) is 0.783. The SMILES string of the molecule is COc1cccc(O)c1F.O=C(CN1C[C@H]2CCC[C@H]2C1)c1ccc(O)cn1. The molecule has 1 aliphatic carbocycles. The van der Waals surface area contributed by atoms with Crippen molar-refractivity contribution in [1.82, 2.24) is 9.88 Å². The van der Waals surface area contributed by atoms with Crippen LogP contribution in [0, 0.1) is 17.7 Å². The number of benzene rings is 1. The topological polar surface area (TPSA) is 82.9 Å². The van der Waals surface area contributed by atoms with Crippen molar-refractivity contribution in [1.29, 1.82) is 0 Å². The van der Waals surface area contributed by atoms with E-state index in [1.807, 2.05) is 0 Å². The smallest absolute Gasteiger partial charge is 0.206 e. The third-order valence-corrected chi connectivity index (χ3v) is 5.37. The molecular formula is C21H25FN2O4. The zero-order valence-corrected chi connectivity index (χ0v) is 15.8. The van der Waals surface area contributed by atoms with E-state index in [-0.39, 0.29) is 23.0 Å². The van der Waals surface area contributed by atoms with Crippen molar-refractivity contribution in [2.45, 2.75) is 19.3 Å². The van der Waals surface area contributed by atoms with Gasteiger partial charge < -0.3 is 14.9 Å². The predicted molar refractivity (Wildman–Crippen MR) is 102 cm³/mol. The summed E-state index contributed by atoms with van der Waals surface area (Å²) in [7, 11) is 1.35. The van der Waals surface area contributed by atoms with Crippen molar-refractivity contribution < 1.29 is 24.1 Å². The molecule has 1 aromatic heterocycles. The van der Waals surface area contributed by atoms with Crippen LogP contribution >= 0.6 is 0 Å². The minimum atomic E-state index is -0.718. The number of ketones is 1. The van der Waals surface area contributed by atoms with Gasteiger partial charge in [-0.05, 0) is 48.9 Å². The first-order valence-corrected chi connectivity index (χ1v) is 9.40. The van der Waals surface area contributed by atoms with Crippen LogP contribution in [0.5, 0.6) is 17.2 Å².